The van der Waals surface area contributed by atoms with Gasteiger partial charge in [0.1, 0.15) is 30.4 Å². The second kappa shape index (κ2) is 11.3. The van der Waals surface area contributed by atoms with Crippen molar-refractivity contribution in [3.05, 3.63) is 70.8 Å². The van der Waals surface area contributed by atoms with E-state index < -0.39 is 5.60 Å². The van der Waals surface area contributed by atoms with Crippen LogP contribution in [0.1, 0.15) is 29.8 Å². The van der Waals surface area contributed by atoms with Gasteiger partial charge in [-0.15, -0.1) is 0 Å². The highest BCUT2D eigenvalue weighted by Crippen LogP contribution is 2.31. The third-order valence-electron chi connectivity index (χ3n) is 6.52. The predicted octanol–water partition coefficient (Wildman–Crippen LogP) is 4.65. The minimum Gasteiger partial charge on any atom is -0.493 e. The van der Waals surface area contributed by atoms with E-state index in [1.807, 2.05) is 50.4 Å². The molecule has 0 atom stereocenters. The summed E-state index contributed by atoms with van der Waals surface area (Å²) in [4.78, 5) is 6.57. The van der Waals surface area contributed by atoms with Crippen molar-refractivity contribution in [3.8, 4) is 17.2 Å². The van der Waals surface area contributed by atoms with Crippen LogP contribution < -0.4 is 14.2 Å². The molecule has 0 saturated carbocycles. The van der Waals surface area contributed by atoms with Crippen molar-refractivity contribution in [3.63, 3.8) is 0 Å². The molecule has 4 rings (SSSR count). The molecule has 0 radical (unpaired) electrons. The third kappa shape index (κ3) is 6.69. The van der Waals surface area contributed by atoms with E-state index in [0.29, 0.717) is 30.2 Å². The van der Waals surface area contributed by atoms with Gasteiger partial charge in [0.2, 0.25) is 0 Å². The molecule has 2 aromatic carbocycles. The second-order valence-electron chi connectivity index (χ2n) is 9.22. The van der Waals surface area contributed by atoms with E-state index in [0.717, 1.165) is 54.6 Å². The first-order valence-corrected chi connectivity index (χ1v) is 12.3. The Morgan fingerprint density at radius 3 is 2.54 bits per heavy atom. The maximum absolute atomic E-state index is 11.0. The van der Waals surface area contributed by atoms with Gasteiger partial charge in [0.05, 0.1) is 18.7 Å². The molecule has 3 aromatic rings. The summed E-state index contributed by atoms with van der Waals surface area (Å²) in [6, 6.07) is 11.7. The molecule has 1 fully saturated rings. The van der Waals surface area contributed by atoms with Crippen LogP contribution >= 0.6 is 11.6 Å². The number of nitrogens with zero attached hydrogens (tertiary/aromatic N) is 3. The Labute approximate surface area is 212 Å². The van der Waals surface area contributed by atoms with Crippen LogP contribution in [0.5, 0.6) is 17.2 Å². The topological polar surface area (TPSA) is 69.0 Å². The highest BCUT2D eigenvalue weighted by atomic mass is 35.5. The van der Waals surface area contributed by atoms with Crippen LogP contribution in [0, 0.1) is 13.8 Å². The highest BCUT2D eigenvalue weighted by molar-refractivity contribution is 6.32. The zero-order chi connectivity index (χ0) is 24.8. The fourth-order valence-corrected chi connectivity index (χ4v) is 4.46. The van der Waals surface area contributed by atoms with Crippen molar-refractivity contribution in [2.45, 2.75) is 45.4 Å². The van der Waals surface area contributed by atoms with E-state index in [2.05, 4.69) is 20.5 Å². The Bertz CT molecular complexity index is 1130. The van der Waals surface area contributed by atoms with Gasteiger partial charge < -0.3 is 23.9 Å². The number of imidazole rings is 1. The molecule has 8 heteroatoms. The number of benzene rings is 2. The molecule has 1 aromatic heterocycles. The zero-order valence-corrected chi connectivity index (χ0v) is 21.4. The molecule has 2 heterocycles. The summed E-state index contributed by atoms with van der Waals surface area (Å²) in [7, 11) is 1.66. The lowest BCUT2D eigenvalue weighted by Crippen LogP contribution is -2.47. The van der Waals surface area contributed by atoms with E-state index in [1.165, 1.54) is 0 Å². The number of methoxy groups -OCH3 is 1. The first kappa shape index (κ1) is 25.4. The van der Waals surface area contributed by atoms with Crippen LogP contribution in [0.4, 0.5) is 0 Å². The Morgan fingerprint density at radius 1 is 1.03 bits per heavy atom. The van der Waals surface area contributed by atoms with Crippen LogP contribution in [0.15, 0.2) is 48.8 Å². The number of aryl methyl sites for hydroxylation is 2. The lowest BCUT2D eigenvalue weighted by Gasteiger charge is -2.38. The van der Waals surface area contributed by atoms with Gasteiger partial charge >= 0.3 is 0 Å². The Kier molecular flexibility index (Phi) is 8.21. The molecular weight excluding hydrogens is 466 g/mol. The van der Waals surface area contributed by atoms with Gasteiger partial charge in [0.15, 0.2) is 11.5 Å². The average Bonchev–Trinajstić information content (AvgIpc) is 3.26. The Balaban J connectivity index is 1.27. The maximum Gasteiger partial charge on any atom is 0.161 e. The smallest absolute Gasteiger partial charge is 0.161 e. The Morgan fingerprint density at radius 2 is 1.83 bits per heavy atom. The standard InChI is InChI=1S/C27H34ClN3O4/c1-20-4-6-23(28)25(16-20)35-19-27(32)8-11-30(12-9-27)18-22-5-7-24(26(17-22)33-3)34-15-14-31-13-10-29-21(31)2/h4-7,10,13,16-17,32H,8-9,11-12,14-15,18-19H2,1-3H3. The van der Waals surface area contributed by atoms with Gasteiger partial charge in [-0.05, 0) is 62.1 Å². The van der Waals surface area contributed by atoms with Gasteiger partial charge in [-0.3, -0.25) is 4.90 Å². The molecule has 1 saturated heterocycles. The molecule has 188 valence electrons. The Hall–Kier alpha value is -2.74. The quantitative estimate of drug-likeness (QED) is 0.438. The van der Waals surface area contributed by atoms with Crippen molar-refractivity contribution in [2.75, 3.05) is 33.4 Å². The summed E-state index contributed by atoms with van der Waals surface area (Å²) in [5.41, 5.74) is 1.37. The molecule has 0 bridgehead atoms. The van der Waals surface area contributed by atoms with Crippen molar-refractivity contribution >= 4 is 11.6 Å². The maximum atomic E-state index is 11.0. The van der Waals surface area contributed by atoms with Gasteiger partial charge in [-0.2, -0.15) is 0 Å². The molecule has 35 heavy (non-hydrogen) atoms. The molecule has 7 nitrogen and oxygen atoms in total. The number of piperidine rings is 1. The summed E-state index contributed by atoms with van der Waals surface area (Å²) in [5, 5.41) is 11.6. The fraction of sp³-hybridized carbons (Fsp3) is 0.444. The van der Waals surface area contributed by atoms with E-state index in [-0.39, 0.29) is 6.61 Å². The van der Waals surface area contributed by atoms with Crippen LogP contribution in [0.25, 0.3) is 0 Å². The van der Waals surface area contributed by atoms with Crippen molar-refractivity contribution in [1.82, 2.24) is 14.5 Å². The summed E-state index contributed by atoms with van der Waals surface area (Å²) < 4.78 is 19.5. The van der Waals surface area contributed by atoms with Crippen molar-refractivity contribution in [1.29, 1.82) is 0 Å². The number of likely N-dealkylation sites (tertiary alicyclic amines) is 1. The SMILES string of the molecule is COc1cc(CN2CCC(O)(COc3cc(C)ccc3Cl)CC2)ccc1OCCn1ccnc1C. The fourth-order valence-electron chi connectivity index (χ4n) is 4.29. The molecule has 1 aliphatic heterocycles. The molecule has 1 aliphatic rings. The minimum atomic E-state index is -0.855. The van der Waals surface area contributed by atoms with Gasteiger partial charge in [0, 0.05) is 32.0 Å². The van der Waals surface area contributed by atoms with E-state index in [4.69, 9.17) is 25.8 Å². The lowest BCUT2D eigenvalue weighted by molar-refractivity contribution is -0.0537. The largest absolute Gasteiger partial charge is 0.493 e. The second-order valence-corrected chi connectivity index (χ2v) is 9.63. The predicted molar refractivity (Wildman–Crippen MR) is 137 cm³/mol. The number of aromatic nitrogens is 2. The lowest BCUT2D eigenvalue weighted by atomic mass is 9.92. The molecule has 1 N–H and O–H groups in total. The summed E-state index contributed by atoms with van der Waals surface area (Å²) in [6.07, 6.45) is 5.02. The van der Waals surface area contributed by atoms with E-state index in [9.17, 15) is 5.11 Å². The first-order chi connectivity index (χ1) is 16.8. The molecular formula is C27H34ClN3O4. The summed E-state index contributed by atoms with van der Waals surface area (Å²) >= 11 is 6.23. The van der Waals surface area contributed by atoms with Gasteiger partial charge in [0.25, 0.3) is 0 Å². The van der Waals surface area contributed by atoms with Crippen molar-refractivity contribution in [2.24, 2.45) is 0 Å². The van der Waals surface area contributed by atoms with Gasteiger partial charge in [-0.25, -0.2) is 4.98 Å². The average molecular weight is 500 g/mol. The van der Waals surface area contributed by atoms with Gasteiger partial charge in [-0.1, -0.05) is 23.7 Å². The van der Waals surface area contributed by atoms with Crippen LogP contribution in [0.2, 0.25) is 5.02 Å². The number of aliphatic hydroxyl groups is 1. The number of rotatable bonds is 10. The van der Waals surface area contributed by atoms with E-state index in [1.54, 1.807) is 13.3 Å². The number of halogens is 1. The summed E-state index contributed by atoms with van der Waals surface area (Å²) in [5.74, 6) is 3.04. The van der Waals surface area contributed by atoms with Crippen LogP contribution in [0.3, 0.4) is 0 Å². The molecule has 0 spiro atoms. The normalized spacial score (nSPS) is 15.7. The highest BCUT2D eigenvalue weighted by Gasteiger charge is 2.33. The first-order valence-electron chi connectivity index (χ1n) is 12.0. The number of hydrogen-bond acceptors (Lipinski definition) is 6. The van der Waals surface area contributed by atoms with Crippen molar-refractivity contribution < 1.29 is 19.3 Å². The zero-order valence-electron chi connectivity index (χ0n) is 20.7. The molecule has 0 unspecified atom stereocenters. The number of hydrogen-bond donors (Lipinski definition) is 1. The monoisotopic (exact) mass is 499 g/mol. The third-order valence-corrected chi connectivity index (χ3v) is 6.83. The molecule has 0 amide bonds. The van der Waals surface area contributed by atoms with Crippen LogP contribution in [-0.2, 0) is 13.1 Å². The summed E-state index contributed by atoms with van der Waals surface area (Å²) in [6.45, 7) is 7.82. The van der Waals surface area contributed by atoms with E-state index >= 15 is 0 Å². The molecule has 0 aliphatic carbocycles. The van der Waals surface area contributed by atoms with Crippen LogP contribution in [-0.4, -0.2) is 58.6 Å². The minimum absolute atomic E-state index is 0.239. The number of ether oxygens (including phenoxy) is 3.